The Morgan fingerprint density at radius 3 is 2.77 bits per heavy atom. The molecule has 1 aromatic carbocycles. The fourth-order valence-corrected chi connectivity index (χ4v) is 4.79. The summed E-state index contributed by atoms with van der Waals surface area (Å²) in [5, 5.41) is 19.0. The third-order valence-electron chi connectivity index (χ3n) is 3.39. The minimum atomic E-state index is -3.77. The topological polar surface area (TPSA) is 113 Å². The summed E-state index contributed by atoms with van der Waals surface area (Å²) < 4.78 is 27.7. The summed E-state index contributed by atoms with van der Waals surface area (Å²) in [5.74, 6) is 0.344. The molecule has 8 nitrogen and oxygen atoms in total. The highest BCUT2D eigenvalue weighted by Crippen LogP contribution is 2.34. The lowest BCUT2D eigenvalue weighted by Gasteiger charge is -2.15. The van der Waals surface area contributed by atoms with Gasteiger partial charge in [0.15, 0.2) is 5.82 Å². The number of benzene rings is 1. The molecule has 26 heavy (non-hydrogen) atoms. The van der Waals surface area contributed by atoms with E-state index in [2.05, 4.69) is 30.7 Å². The van der Waals surface area contributed by atoms with Gasteiger partial charge in [-0.15, -0.1) is 16.4 Å². The lowest BCUT2D eigenvalue weighted by Crippen LogP contribution is -2.30. The van der Waals surface area contributed by atoms with Crippen LogP contribution in [0.2, 0.25) is 5.02 Å². The number of aromatic nitrogens is 4. The van der Waals surface area contributed by atoms with Crippen molar-refractivity contribution in [2.24, 2.45) is 0 Å². The van der Waals surface area contributed by atoms with Gasteiger partial charge < -0.3 is 5.32 Å². The van der Waals surface area contributed by atoms with E-state index in [1.165, 1.54) is 6.07 Å². The van der Waals surface area contributed by atoms with Crippen molar-refractivity contribution in [2.45, 2.75) is 31.3 Å². The number of hydrogen-bond acceptors (Lipinski definition) is 7. The van der Waals surface area contributed by atoms with Gasteiger partial charge in [0.05, 0.1) is 5.02 Å². The minimum Gasteiger partial charge on any atom is -0.380 e. The number of nitrogens with one attached hydrogen (secondary N) is 3. The molecule has 0 bridgehead atoms. The number of nitrogens with zero attached hydrogens (tertiary/aromatic N) is 3. The maximum Gasteiger partial charge on any atom is 0.242 e. The van der Waals surface area contributed by atoms with Gasteiger partial charge in [-0.1, -0.05) is 17.7 Å². The Morgan fingerprint density at radius 2 is 2.15 bits per heavy atom. The third-order valence-corrected chi connectivity index (χ3v) is 6.39. The monoisotopic (exact) mass is 412 g/mol. The van der Waals surface area contributed by atoms with Crippen molar-refractivity contribution < 1.29 is 8.42 Å². The summed E-state index contributed by atoms with van der Waals surface area (Å²) in [6.45, 7) is 4.05. The van der Waals surface area contributed by atoms with Gasteiger partial charge in [-0.25, -0.2) is 18.2 Å². The number of H-pyrrole nitrogens is 1. The Bertz CT molecular complexity index is 972. The van der Waals surface area contributed by atoms with Crippen LogP contribution >= 0.6 is 22.9 Å². The Morgan fingerprint density at radius 1 is 1.35 bits per heavy atom. The quantitative estimate of drug-likeness (QED) is 0.550. The molecular formula is C15H17ClN6O2S2. The van der Waals surface area contributed by atoms with E-state index in [4.69, 9.17) is 11.6 Å². The first-order valence-corrected chi connectivity index (χ1v) is 10.5. The number of anilines is 1. The molecule has 2 aromatic heterocycles. The van der Waals surface area contributed by atoms with Crippen LogP contribution in [0, 0.1) is 0 Å². The molecule has 0 spiro atoms. The molecule has 0 amide bonds. The van der Waals surface area contributed by atoms with Gasteiger partial charge in [-0.3, -0.25) is 0 Å². The molecule has 138 valence electrons. The van der Waals surface area contributed by atoms with Crippen LogP contribution in [0.4, 0.5) is 5.69 Å². The second-order valence-electron chi connectivity index (χ2n) is 5.79. The number of sulfonamides is 1. The van der Waals surface area contributed by atoms with Gasteiger partial charge in [0.25, 0.3) is 0 Å². The molecule has 0 aliphatic heterocycles. The van der Waals surface area contributed by atoms with Gasteiger partial charge in [0.1, 0.15) is 4.90 Å². The SMILES string of the molecule is CC(C)NS(=O)(=O)c1cc(-c2nnn[nH]2)c(NCc2cccs2)cc1Cl. The number of halogens is 1. The minimum absolute atomic E-state index is 0.0269. The predicted molar refractivity (Wildman–Crippen MR) is 102 cm³/mol. The zero-order valence-corrected chi connectivity index (χ0v) is 16.4. The zero-order chi connectivity index (χ0) is 18.7. The van der Waals surface area contributed by atoms with Gasteiger partial charge in [0.2, 0.25) is 10.0 Å². The summed E-state index contributed by atoms with van der Waals surface area (Å²) in [7, 11) is -3.77. The molecule has 0 radical (unpaired) electrons. The van der Waals surface area contributed by atoms with Crippen molar-refractivity contribution in [3.63, 3.8) is 0 Å². The molecule has 0 atom stereocenters. The summed E-state index contributed by atoms with van der Waals surface area (Å²) in [4.78, 5) is 1.10. The summed E-state index contributed by atoms with van der Waals surface area (Å²) in [6, 6.07) is 6.74. The molecule has 3 rings (SSSR count). The van der Waals surface area contributed by atoms with E-state index >= 15 is 0 Å². The fourth-order valence-electron chi connectivity index (χ4n) is 2.34. The smallest absolute Gasteiger partial charge is 0.242 e. The van der Waals surface area contributed by atoms with Gasteiger partial charge in [-0.05, 0) is 47.9 Å². The van der Waals surface area contributed by atoms with E-state index in [1.807, 2.05) is 17.5 Å². The van der Waals surface area contributed by atoms with E-state index in [1.54, 1.807) is 31.3 Å². The highest BCUT2D eigenvalue weighted by Gasteiger charge is 2.23. The van der Waals surface area contributed by atoms with Crippen LogP contribution in [0.5, 0.6) is 0 Å². The molecule has 0 saturated carbocycles. The molecular weight excluding hydrogens is 396 g/mol. The van der Waals surface area contributed by atoms with Crippen LogP contribution in [0.3, 0.4) is 0 Å². The average molecular weight is 413 g/mol. The first-order valence-electron chi connectivity index (χ1n) is 7.73. The van der Waals surface area contributed by atoms with Crippen LogP contribution in [0.25, 0.3) is 11.4 Å². The van der Waals surface area contributed by atoms with E-state index in [9.17, 15) is 8.42 Å². The van der Waals surface area contributed by atoms with Crippen LogP contribution in [0.15, 0.2) is 34.5 Å². The normalized spacial score (nSPS) is 11.8. The lowest BCUT2D eigenvalue weighted by atomic mass is 10.1. The molecule has 0 aliphatic carbocycles. The highest BCUT2D eigenvalue weighted by atomic mass is 35.5. The van der Waals surface area contributed by atoms with Crippen LogP contribution in [0.1, 0.15) is 18.7 Å². The number of thiophene rings is 1. The van der Waals surface area contributed by atoms with Gasteiger partial charge >= 0.3 is 0 Å². The highest BCUT2D eigenvalue weighted by molar-refractivity contribution is 7.89. The first kappa shape index (κ1) is 18.8. The predicted octanol–water partition coefficient (Wildman–Crippen LogP) is 2.88. The maximum atomic E-state index is 12.6. The molecule has 11 heteroatoms. The average Bonchev–Trinajstić information content (AvgIpc) is 3.25. The standard InChI is InChI=1S/C15H17ClN6O2S2/c1-9(2)20-26(23,24)14-6-11(15-18-21-22-19-15)13(7-12(14)16)17-8-10-4-3-5-25-10/h3-7,9,17,20H,8H2,1-2H3,(H,18,19,21,22). The number of tetrazole rings is 1. The van der Waals surface area contributed by atoms with Gasteiger partial charge in [0, 0.05) is 28.7 Å². The van der Waals surface area contributed by atoms with Crippen LogP contribution < -0.4 is 10.0 Å². The van der Waals surface area contributed by atoms with E-state index in [-0.39, 0.29) is 16.0 Å². The van der Waals surface area contributed by atoms with Crippen molar-refractivity contribution in [2.75, 3.05) is 5.32 Å². The Balaban J connectivity index is 2.03. The molecule has 0 fully saturated rings. The van der Waals surface area contributed by atoms with Crippen molar-refractivity contribution in [1.29, 1.82) is 0 Å². The number of hydrogen-bond donors (Lipinski definition) is 3. The summed E-state index contributed by atoms with van der Waals surface area (Å²) in [6.07, 6.45) is 0. The Labute approximate surface area is 160 Å². The first-order chi connectivity index (χ1) is 12.4. The van der Waals surface area contributed by atoms with Gasteiger partial charge in [-0.2, -0.15) is 0 Å². The molecule has 0 aliphatic rings. The molecule has 3 aromatic rings. The van der Waals surface area contributed by atoms with Crippen LogP contribution in [-0.4, -0.2) is 35.1 Å². The zero-order valence-electron chi connectivity index (χ0n) is 14.0. The largest absolute Gasteiger partial charge is 0.380 e. The molecule has 0 saturated heterocycles. The third kappa shape index (κ3) is 4.21. The maximum absolute atomic E-state index is 12.6. The molecule has 3 N–H and O–H groups in total. The lowest BCUT2D eigenvalue weighted by molar-refractivity contribution is 0.570. The number of aromatic amines is 1. The van der Waals surface area contributed by atoms with Crippen molar-refractivity contribution >= 4 is 38.6 Å². The Hall–Kier alpha value is -2.01. The van der Waals surface area contributed by atoms with Crippen molar-refractivity contribution in [3.05, 3.63) is 39.5 Å². The second-order valence-corrected chi connectivity index (χ2v) is 8.91. The molecule has 2 heterocycles. The van der Waals surface area contributed by atoms with Crippen LogP contribution in [-0.2, 0) is 16.6 Å². The summed E-state index contributed by atoms with van der Waals surface area (Å²) >= 11 is 7.89. The van der Waals surface area contributed by atoms with E-state index in [0.717, 1.165) is 4.88 Å². The van der Waals surface area contributed by atoms with Crippen molar-refractivity contribution in [3.8, 4) is 11.4 Å². The van der Waals surface area contributed by atoms with Crippen molar-refractivity contribution in [1.82, 2.24) is 25.3 Å². The van der Waals surface area contributed by atoms with E-state index in [0.29, 0.717) is 23.6 Å². The number of rotatable bonds is 7. The van der Waals surface area contributed by atoms with E-state index < -0.39 is 10.0 Å². The molecule has 0 unspecified atom stereocenters. The fraction of sp³-hybridized carbons (Fsp3) is 0.267. The second kappa shape index (κ2) is 7.70. The Kier molecular flexibility index (Phi) is 5.56. The summed E-state index contributed by atoms with van der Waals surface area (Å²) in [5.41, 5.74) is 1.14.